The van der Waals surface area contributed by atoms with E-state index in [9.17, 15) is 13.2 Å². The molecular formula is C18H21ClN2O3S. The van der Waals surface area contributed by atoms with Crippen LogP contribution < -0.4 is 10.0 Å². The van der Waals surface area contributed by atoms with Crippen molar-refractivity contribution in [1.29, 1.82) is 0 Å². The summed E-state index contributed by atoms with van der Waals surface area (Å²) in [7, 11) is -3.63. The quantitative estimate of drug-likeness (QED) is 0.775. The Balaban J connectivity index is 2.01. The SMILES string of the molecule is CC(C)NS(=O)(=O)c1cccc(C(=O)NCCc2cccc(Cl)c2)c1. The Morgan fingerprint density at radius 2 is 1.84 bits per heavy atom. The van der Waals surface area contributed by atoms with Gasteiger partial charge in [0.2, 0.25) is 10.0 Å². The summed E-state index contributed by atoms with van der Waals surface area (Å²) in [5, 5.41) is 3.44. The molecule has 2 N–H and O–H groups in total. The molecule has 2 rings (SSSR count). The number of hydrogen-bond acceptors (Lipinski definition) is 3. The number of amides is 1. The first-order chi connectivity index (χ1) is 11.8. The summed E-state index contributed by atoms with van der Waals surface area (Å²) >= 11 is 5.93. The fraction of sp³-hybridized carbons (Fsp3) is 0.278. The molecule has 0 saturated heterocycles. The monoisotopic (exact) mass is 380 g/mol. The van der Waals surface area contributed by atoms with Gasteiger partial charge in [-0.25, -0.2) is 13.1 Å². The van der Waals surface area contributed by atoms with Crippen molar-refractivity contribution >= 4 is 27.5 Å². The zero-order valence-electron chi connectivity index (χ0n) is 14.1. The Labute approximate surface area is 153 Å². The highest BCUT2D eigenvalue weighted by Gasteiger charge is 2.17. The van der Waals surface area contributed by atoms with Crippen LogP contribution in [0.1, 0.15) is 29.8 Å². The van der Waals surface area contributed by atoms with Gasteiger partial charge >= 0.3 is 0 Å². The lowest BCUT2D eigenvalue weighted by Crippen LogP contribution is -2.30. The molecule has 0 aliphatic heterocycles. The van der Waals surface area contributed by atoms with Crippen LogP contribution in [0.5, 0.6) is 0 Å². The van der Waals surface area contributed by atoms with Gasteiger partial charge in [-0.05, 0) is 56.2 Å². The zero-order chi connectivity index (χ0) is 18.4. The molecular weight excluding hydrogens is 360 g/mol. The largest absolute Gasteiger partial charge is 0.352 e. The summed E-state index contributed by atoms with van der Waals surface area (Å²) in [5.41, 5.74) is 1.32. The van der Waals surface area contributed by atoms with E-state index < -0.39 is 10.0 Å². The second kappa shape index (κ2) is 8.47. The van der Waals surface area contributed by atoms with Gasteiger partial charge in [-0.3, -0.25) is 4.79 Å². The fourth-order valence-electron chi connectivity index (χ4n) is 2.30. The average molecular weight is 381 g/mol. The van der Waals surface area contributed by atoms with E-state index >= 15 is 0 Å². The van der Waals surface area contributed by atoms with E-state index in [1.54, 1.807) is 32.0 Å². The maximum atomic E-state index is 12.3. The summed E-state index contributed by atoms with van der Waals surface area (Å²) in [6.45, 7) is 3.91. The Morgan fingerprint density at radius 1 is 1.12 bits per heavy atom. The average Bonchev–Trinajstić information content (AvgIpc) is 2.54. The van der Waals surface area contributed by atoms with E-state index in [0.717, 1.165) is 5.56 Å². The summed E-state index contributed by atoms with van der Waals surface area (Å²) in [6, 6.07) is 13.2. The number of rotatable bonds is 7. The third-order valence-electron chi connectivity index (χ3n) is 3.39. The number of halogens is 1. The van der Waals surface area contributed by atoms with Crippen LogP contribution in [0.3, 0.4) is 0 Å². The van der Waals surface area contributed by atoms with Crippen LogP contribution in [0.25, 0.3) is 0 Å². The number of carbonyl (C=O) groups excluding carboxylic acids is 1. The van der Waals surface area contributed by atoms with Crippen LogP contribution in [-0.4, -0.2) is 26.9 Å². The first-order valence-electron chi connectivity index (χ1n) is 7.93. The highest BCUT2D eigenvalue weighted by atomic mass is 35.5. The Morgan fingerprint density at radius 3 is 2.52 bits per heavy atom. The number of hydrogen-bond donors (Lipinski definition) is 2. The molecule has 0 unspecified atom stereocenters. The molecule has 0 spiro atoms. The van der Waals surface area contributed by atoms with Crippen molar-refractivity contribution in [1.82, 2.24) is 10.0 Å². The second-order valence-corrected chi connectivity index (χ2v) is 8.09. The van der Waals surface area contributed by atoms with Crippen LogP contribution in [-0.2, 0) is 16.4 Å². The molecule has 0 aliphatic rings. The van der Waals surface area contributed by atoms with Crippen molar-refractivity contribution in [2.75, 3.05) is 6.54 Å². The second-order valence-electron chi connectivity index (χ2n) is 5.94. The summed E-state index contributed by atoms with van der Waals surface area (Å²) in [5.74, 6) is -0.316. The van der Waals surface area contributed by atoms with E-state index in [4.69, 9.17) is 11.6 Å². The highest BCUT2D eigenvalue weighted by Crippen LogP contribution is 2.13. The predicted octanol–water partition coefficient (Wildman–Crippen LogP) is 3.00. The Hall–Kier alpha value is -1.89. The van der Waals surface area contributed by atoms with E-state index in [0.29, 0.717) is 23.6 Å². The summed E-state index contributed by atoms with van der Waals surface area (Å²) < 4.78 is 26.9. The van der Waals surface area contributed by atoms with E-state index in [-0.39, 0.29) is 16.8 Å². The molecule has 2 aromatic carbocycles. The van der Waals surface area contributed by atoms with Gasteiger partial charge < -0.3 is 5.32 Å². The van der Waals surface area contributed by atoms with Crippen molar-refractivity contribution < 1.29 is 13.2 Å². The summed E-state index contributed by atoms with van der Waals surface area (Å²) in [4.78, 5) is 12.3. The van der Waals surface area contributed by atoms with Gasteiger partial charge in [0.1, 0.15) is 0 Å². The van der Waals surface area contributed by atoms with Gasteiger partial charge in [0.05, 0.1) is 4.90 Å². The number of carbonyl (C=O) groups is 1. The van der Waals surface area contributed by atoms with E-state index in [2.05, 4.69) is 10.0 Å². The number of sulfonamides is 1. The van der Waals surface area contributed by atoms with Crippen molar-refractivity contribution in [3.05, 3.63) is 64.7 Å². The Kier molecular flexibility index (Phi) is 6.58. The smallest absolute Gasteiger partial charge is 0.251 e. The van der Waals surface area contributed by atoms with Crippen molar-refractivity contribution in [3.63, 3.8) is 0 Å². The molecule has 0 heterocycles. The van der Waals surface area contributed by atoms with Gasteiger partial charge in [-0.1, -0.05) is 29.8 Å². The standard InChI is InChI=1S/C18H21ClN2O3S/c1-13(2)21-25(23,24)17-8-4-6-15(12-17)18(22)20-10-9-14-5-3-7-16(19)11-14/h3-8,11-13,21H,9-10H2,1-2H3,(H,20,22). The van der Waals surface area contributed by atoms with Crippen molar-refractivity contribution in [2.45, 2.75) is 31.2 Å². The molecule has 25 heavy (non-hydrogen) atoms. The summed E-state index contributed by atoms with van der Waals surface area (Å²) in [6.07, 6.45) is 0.638. The minimum atomic E-state index is -3.63. The van der Waals surface area contributed by atoms with Gasteiger partial charge in [-0.15, -0.1) is 0 Å². The molecule has 0 aromatic heterocycles. The molecule has 0 radical (unpaired) electrons. The predicted molar refractivity (Wildman–Crippen MR) is 99.4 cm³/mol. The Bertz CT molecular complexity index is 851. The van der Waals surface area contributed by atoms with Crippen LogP contribution >= 0.6 is 11.6 Å². The van der Waals surface area contributed by atoms with Gasteiger partial charge in [0.25, 0.3) is 5.91 Å². The highest BCUT2D eigenvalue weighted by molar-refractivity contribution is 7.89. The first-order valence-corrected chi connectivity index (χ1v) is 9.79. The lowest BCUT2D eigenvalue weighted by atomic mass is 10.1. The van der Waals surface area contributed by atoms with Crippen LogP contribution in [0.4, 0.5) is 0 Å². The molecule has 1 amide bonds. The lowest BCUT2D eigenvalue weighted by Gasteiger charge is -2.11. The molecule has 0 bridgehead atoms. The molecule has 0 atom stereocenters. The van der Waals surface area contributed by atoms with Gasteiger partial charge in [0.15, 0.2) is 0 Å². The molecule has 134 valence electrons. The van der Waals surface area contributed by atoms with Crippen molar-refractivity contribution in [3.8, 4) is 0 Å². The molecule has 2 aromatic rings. The van der Waals surface area contributed by atoms with E-state index in [1.807, 2.05) is 18.2 Å². The maximum Gasteiger partial charge on any atom is 0.251 e. The van der Waals surface area contributed by atoms with Gasteiger partial charge in [0, 0.05) is 23.2 Å². The van der Waals surface area contributed by atoms with E-state index in [1.165, 1.54) is 12.1 Å². The zero-order valence-corrected chi connectivity index (χ0v) is 15.7. The minimum absolute atomic E-state index is 0.0729. The van der Waals surface area contributed by atoms with Crippen molar-refractivity contribution in [2.24, 2.45) is 0 Å². The molecule has 0 saturated carbocycles. The number of benzene rings is 2. The third kappa shape index (κ3) is 5.85. The lowest BCUT2D eigenvalue weighted by molar-refractivity contribution is 0.0954. The first kappa shape index (κ1) is 19.4. The third-order valence-corrected chi connectivity index (χ3v) is 5.28. The molecule has 0 fully saturated rings. The fourth-order valence-corrected chi connectivity index (χ4v) is 3.81. The minimum Gasteiger partial charge on any atom is -0.352 e. The number of nitrogens with one attached hydrogen (secondary N) is 2. The molecule has 5 nitrogen and oxygen atoms in total. The maximum absolute atomic E-state index is 12.3. The van der Waals surface area contributed by atoms with Crippen LogP contribution in [0.15, 0.2) is 53.4 Å². The normalized spacial score (nSPS) is 11.5. The topological polar surface area (TPSA) is 75.3 Å². The van der Waals surface area contributed by atoms with Crippen LogP contribution in [0.2, 0.25) is 5.02 Å². The molecule has 0 aliphatic carbocycles. The van der Waals surface area contributed by atoms with Gasteiger partial charge in [-0.2, -0.15) is 0 Å². The molecule has 7 heteroatoms. The van der Waals surface area contributed by atoms with Crippen LogP contribution in [0, 0.1) is 0 Å².